The Morgan fingerprint density at radius 3 is 1.72 bits per heavy atom. The van der Waals surface area contributed by atoms with E-state index in [1.54, 1.807) is 48.5 Å². The normalized spacial score (nSPS) is 12.7. The van der Waals surface area contributed by atoms with Gasteiger partial charge in [-0.1, -0.05) is 6.07 Å². The molecular weight excluding hydrogens is 336 g/mol. The highest BCUT2D eigenvalue weighted by Crippen LogP contribution is 2.28. The SMILES string of the molecule is CC(C)(C)Oc1ccc(S(=O)(=O)c2cccc(OC(C)(C)C)c2)cc1. The van der Waals surface area contributed by atoms with Crippen molar-refractivity contribution in [2.24, 2.45) is 0 Å². The van der Waals surface area contributed by atoms with Gasteiger partial charge in [-0.05, 0) is 84.0 Å². The maximum atomic E-state index is 12.9. The summed E-state index contributed by atoms with van der Waals surface area (Å²) in [7, 11) is -3.61. The van der Waals surface area contributed by atoms with Crippen LogP contribution in [0.2, 0.25) is 0 Å². The molecule has 25 heavy (non-hydrogen) atoms. The first-order chi connectivity index (χ1) is 11.4. The van der Waals surface area contributed by atoms with Gasteiger partial charge >= 0.3 is 0 Å². The maximum Gasteiger partial charge on any atom is 0.206 e. The lowest BCUT2D eigenvalue weighted by molar-refractivity contribution is 0.130. The Hall–Kier alpha value is -2.01. The minimum Gasteiger partial charge on any atom is -0.488 e. The van der Waals surface area contributed by atoms with Gasteiger partial charge in [0.05, 0.1) is 9.79 Å². The third-order valence-corrected chi connectivity index (χ3v) is 4.87. The summed E-state index contributed by atoms with van der Waals surface area (Å²) in [5, 5.41) is 0. The van der Waals surface area contributed by atoms with E-state index in [0.717, 1.165) is 0 Å². The fraction of sp³-hybridized carbons (Fsp3) is 0.400. The van der Waals surface area contributed by atoms with Crippen molar-refractivity contribution in [2.75, 3.05) is 0 Å². The van der Waals surface area contributed by atoms with Crippen molar-refractivity contribution in [3.63, 3.8) is 0 Å². The molecule has 0 bridgehead atoms. The molecule has 4 nitrogen and oxygen atoms in total. The number of rotatable bonds is 4. The summed E-state index contributed by atoms with van der Waals surface area (Å²) in [4.78, 5) is 0.431. The van der Waals surface area contributed by atoms with E-state index in [9.17, 15) is 8.42 Å². The van der Waals surface area contributed by atoms with Gasteiger partial charge in [0.2, 0.25) is 9.84 Å². The fourth-order valence-corrected chi connectivity index (χ4v) is 3.53. The molecule has 0 atom stereocenters. The highest BCUT2D eigenvalue weighted by atomic mass is 32.2. The molecule has 136 valence electrons. The largest absolute Gasteiger partial charge is 0.488 e. The predicted octanol–water partition coefficient (Wildman–Crippen LogP) is 4.87. The van der Waals surface area contributed by atoms with Gasteiger partial charge in [-0.2, -0.15) is 0 Å². The van der Waals surface area contributed by atoms with Crippen molar-refractivity contribution in [1.29, 1.82) is 0 Å². The van der Waals surface area contributed by atoms with Crippen LogP contribution in [0.5, 0.6) is 11.5 Å². The zero-order chi connectivity index (χ0) is 18.9. The molecule has 0 spiro atoms. The van der Waals surface area contributed by atoms with Crippen LogP contribution in [0, 0.1) is 0 Å². The van der Waals surface area contributed by atoms with E-state index >= 15 is 0 Å². The van der Waals surface area contributed by atoms with E-state index in [4.69, 9.17) is 9.47 Å². The first-order valence-electron chi connectivity index (χ1n) is 8.20. The lowest BCUT2D eigenvalue weighted by Gasteiger charge is -2.22. The van der Waals surface area contributed by atoms with E-state index in [1.807, 2.05) is 41.5 Å². The molecule has 0 saturated heterocycles. The summed E-state index contributed by atoms with van der Waals surface area (Å²) in [5.74, 6) is 1.16. The van der Waals surface area contributed by atoms with E-state index in [0.29, 0.717) is 11.5 Å². The standard InChI is InChI=1S/C20H26O4S/c1-19(2,3)23-15-10-12-17(13-11-15)25(21,22)18-9-7-8-16(14-18)24-20(4,5)6/h7-14H,1-6H3. The van der Waals surface area contributed by atoms with Crippen LogP contribution in [-0.4, -0.2) is 19.6 Å². The first kappa shape index (κ1) is 19.3. The molecule has 2 aromatic carbocycles. The van der Waals surface area contributed by atoms with Gasteiger partial charge < -0.3 is 9.47 Å². The molecule has 0 saturated carbocycles. The van der Waals surface area contributed by atoms with E-state index in [-0.39, 0.29) is 15.4 Å². The number of hydrogen-bond donors (Lipinski definition) is 0. The summed E-state index contributed by atoms with van der Waals surface area (Å²) in [6.45, 7) is 11.6. The van der Waals surface area contributed by atoms with Crippen molar-refractivity contribution < 1.29 is 17.9 Å². The average Bonchev–Trinajstić information content (AvgIpc) is 2.44. The van der Waals surface area contributed by atoms with Gasteiger partial charge in [0.15, 0.2) is 0 Å². The van der Waals surface area contributed by atoms with Gasteiger partial charge in [0.25, 0.3) is 0 Å². The van der Waals surface area contributed by atoms with Crippen molar-refractivity contribution in [1.82, 2.24) is 0 Å². The Kier molecular flexibility index (Phi) is 5.19. The van der Waals surface area contributed by atoms with Crippen LogP contribution in [0.3, 0.4) is 0 Å². The lowest BCUT2D eigenvalue weighted by atomic mass is 10.2. The molecule has 5 heteroatoms. The van der Waals surface area contributed by atoms with Crippen LogP contribution in [-0.2, 0) is 9.84 Å². The van der Waals surface area contributed by atoms with Crippen molar-refractivity contribution in [2.45, 2.75) is 62.5 Å². The molecule has 0 aliphatic carbocycles. The topological polar surface area (TPSA) is 52.6 Å². The van der Waals surface area contributed by atoms with E-state index in [2.05, 4.69) is 0 Å². The zero-order valence-corrected chi connectivity index (χ0v) is 16.5. The molecule has 0 unspecified atom stereocenters. The summed E-state index contributed by atoms with van der Waals surface area (Å²) in [5.41, 5.74) is -0.729. The Morgan fingerprint density at radius 2 is 1.20 bits per heavy atom. The van der Waals surface area contributed by atoms with Crippen molar-refractivity contribution >= 4 is 9.84 Å². The summed E-state index contributed by atoms with van der Waals surface area (Å²) < 4.78 is 37.2. The molecule has 0 fully saturated rings. The molecule has 2 aromatic rings. The van der Waals surface area contributed by atoms with Crippen LogP contribution < -0.4 is 9.47 Å². The molecule has 0 amide bonds. The Labute approximate surface area is 150 Å². The van der Waals surface area contributed by atoms with Crippen LogP contribution in [0.1, 0.15) is 41.5 Å². The summed E-state index contributed by atoms with van der Waals surface area (Å²) in [6, 6.07) is 13.0. The molecule has 0 aromatic heterocycles. The quantitative estimate of drug-likeness (QED) is 0.778. The highest BCUT2D eigenvalue weighted by Gasteiger charge is 2.20. The van der Waals surface area contributed by atoms with Crippen molar-refractivity contribution in [3.05, 3.63) is 48.5 Å². The lowest BCUT2D eigenvalue weighted by Crippen LogP contribution is -2.23. The Bertz CT molecular complexity index is 823. The zero-order valence-electron chi connectivity index (χ0n) is 15.7. The Balaban J connectivity index is 2.31. The molecule has 2 rings (SSSR count). The smallest absolute Gasteiger partial charge is 0.206 e. The molecular formula is C20H26O4S. The number of sulfone groups is 1. The fourth-order valence-electron chi connectivity index (χ4n) is 2.23. The molecule has 0 aliphatic heterocycles. The maximum absolute atomic E-state index is 12.9. The monoisotopic (exact) mass is 362 g/mol. The molecule has 0 radical (unpaired) electrons. The second kappa shape index (κ2) is 6.71. The van der Waals surface area contributed by atoms with Gasteiger partial charge in [-0.25, -0.2) is 8.42 Å². The Morgan fingerprint density at radius 1 is 0.680 bits per heavy atom. The molecule has 0 aliphatic rings. The average molecular weight is 362 g/mol. The highest BCUT2D eigenvalue weighted by molar-refractivity contribution is 7.91. The van der Waals surface area contributed by atoms with Crippen LogP contribution in [0.25, 0.3) is 0 Å². The number of hydrogen-bond acceptors (Lipinski definition) is 4. The first-order valence-corrected chi connectivity index (χ1v) is 9.68. The van der Waals surface area contributed by atoms with E-state index in [1.165, 1.54) is 0 Å². The van der Waals surface area contributed by atoms with Crippen molar-refractivity contribution in [3.8, 4) is 11.5 Å². The van der Waals surface area contributed by atoms with Crippen LogP contribution in [0.4, 0.5) is 0 Å². The third-order valence-electron chi connectivity index (χ3n) is 3.10. The minimum atomic E-state index is -3.61. The predicted molar refractivity (Wildman–Crippen MR) is 99.1 cm³/mol. The van der Waals surface area contributed by atoms with Gasteiger partial charge in [0, 0.05) is 0 Å². The third kappa shape index (κ3) is 5.49. The number of ether oxygens (including phenoxy) is 2. The summed E-state index contributed by atoms with van der Waals surface area (Å²) in [6.07, 6.45) is 0. The van der Waals surface area contributed by atoms with Gasteiger partial charge in [0.1, 0.15) is 22.7 Å². The summed E-state index contributed by atoms with van der Waals surface area (Å²) >= 11 is 0. The van der Waals surface area contributed by atoms with Crippen LogP contribution >= 0.6 is 0 Å². The minimum absolute atomic E-state index is 0.207. The van der Waals surface area contributed by atoms with E-state index < -0.39 is 15.4 Å². The van der Waals surface area contributed by atoms with Gasteiger partial charge in [-0.3, -0.25) is 0 Å². The molecule has 0 N–H and O–H groups in total. The number of benzene rings is 2. The molecule has 0 heterocycles. The second-order valence-corrected chi connectivity index (χ2v) is 9.83. The van der Waals surface area contributed by atoms with Crippen LogP contribution in [0.15, 0.2) is 58.3 Å². The second-order valence-electron chi connectivity index (χ2n) is 7.88. The van der Waals surface area contributed by atoms with Gasteiger partial charge in [-0.15, -0.1) is 0 Å².